The zero-order chi connectivity index (χ0) is 10.1. The van der Waals surface area contributed by atoms with Crippen molar-refractivity contribution in [2.75, 3.05) is 0 Å². The molecule has 5 atom stereocenters. The molecule has 0 aliphatic heterocycles. The van der Waals surface area contributed by atoms with E-state index in [9.17, 15) is 0 Å². The van der Waals surface area contributed by atoms with Crippen molar-refractivity contribution in [1.82, 2.24) is 0 Å². The molecule has 0 bridgehead atoms. The summed E-state index contributed by atoms with van der Waals surface area (Å²) >= 11 is 0. The molecule has 0 N–H and O–H groups in total. The van der Waals surface area contributed by atoms with E-state index >= 15 is 0 Å². The zero-order valence-electron chi connectivity index (χ0n) is 10.1. The fourth-order valence-corrected chi connectivity index (χ4v) is 4.31. The lowest BCUT2D eigenvalue weighted by Crippen LogP contribution is -2.16. The highest BCUT2D eigenvalue weighted by atomic mass is 14.5. The smallest absolute Gasteiger partial charge is 0.0332 e. The van der Waals surface area contributed by atoms with Crippen molar-refractivity contribution in [3.8, 4) is 0 Å². The Morgan fingerprint density at radius 2 is 1.93 bits per heavy atom. The van der Waals surface area contributed by atoms with Gasteiger partial charge < -0.3 is 0 Å². The third kappa shape index (κ3) is 1.73. The van der Waals surface area contributed by atoms with E-state index in [1.165, 1.54) is 25.7 Å². The average Bonchev–Trinajstić information content (AvgIpc) is 2.67. The van der Waals surface area contributed by atoms with E-state index in [0.717, 1.165) is 29.6 Å². The standard InChI is InChI=1S/C14H26/c1-4-5-6-12-9-13-8-7-10(2)14(13)11(12)3/h10-14H,4-9H2,1-3H3. The SMILES string of the molecule is CCCCC1CC2CCC(C)C2C1C. The summed E-state index contributed by atoms with van der Waals surface area (Å²) in [6, 6.07) is 0. The molecule has 2 aliphatic carbocycles. The molecule has 0 spiro atoms. The first kappa shape index (κ1) is 10.5. The van der Waals surface area contributed by atoms with Crippen molar-refractivity contribution >= 4 is 0 Å². The van der Waals surface area contributed by atoms with Crippen LogP contribution in [0.4, 0.5) is 0 Å². The molecule has 0 aromatic carbocycles. The molecule has 2 rings (SSSR count). The van der Waals surface area contributed by atoms with Gasteiger partial charge in [0.1, 0.15) is 0 Å². The largest absolute Gasteiger partial charge is 0.0654 e. The Bertz CT molecular complexity index is 184. The van der Waals surface area contributed by atoms with Crippen LogP contribution in [-0.2, 0) is 0 Å². The van der Waals surface area contributed by atoms with Gasteiger partial charge in [0, 0.05) is 0 Å². The highest BCUT2D eigenvalue weighted by molar-refractivity contribution is 4.95. The second-order valence-electron chi connectivity index (χ2n) is 5.89. The molecular formula is C14H26. The summed E-state index contributed by atoms with van der Waals surface area (Å²) in [5.74, 6) is 5.34. The molecular weight excluding hydrogens is 168 g/mol. The molecule has 0 heterocycles. The average molecular weight is 194 g/mol. The van der Waals surface area contributed by atoms with Crippen LogP contribution < -0.4 is 0 Å². The maximum Gasteiger partial charge on any atom is -0.0332 e. The fraction of sp³-hybridized carbons (Fsp3) is 1.00. The van der Waals surface area contributed by atoms with Crippen molar-refractivity contribution in [2.24, 2.45) is 29.6 Å². The van der Waals surface area contributed by atoms with Crippen LogP contribution in [0.5, 0.6) is 0 Å². The molecule has 2 fully saturated rings. The first-order valence-corrected chi connectivity index (χ1v) is 6.74. The molecule has 0 saturated heterocycles. The summed E-state index contributed by atoms with van der Waals surface area (Å²) in [5.41, 5.74) is 0. The normalized spacial score (nSPS) is 46.9. The minimum atomic E-state index is 1.03. The van der Waals surface area contributed by atoms with Crippen molar-refractivity contribution in [2.45, 2.75) is 59.3 Å². The van der Waals surface area contributed by atoms with E-state index in [4.69, 9.17) is 0 Å². The first-order chi connectivity index (χ1) is 6.74. The highest BCUT2D eigenvalue weighted by Gasteiger charge is 2.45. The summed E-state index contributed by atoms with van der Waals surface area (Å²) in [5, 5.41) is 0. The van der Waals surface area contributed by atoms with Gasteiger partial charge in [-0.15, -0.1) is 0 Å². The third-order valence-electron chi connectivity index (χ3n) is 5.08. The summed E-state index contributed by atoms with van der Waals surface area (Å²) in [7, 11) is 0. The van der Waals surface area contributed by atoms with Gasteiger partial charge in [0.25, 0.3) is 0 Å². The van der Waals surface area contributed by atoms with E-state index in [-0.39, 0.29) is 0 Å². The van der Waals surface area contributed by atoms with Crippen molar-refractivity contribution in [3.05, 3.63) is 0 Å². The predicted octanol–water partition coefficient (Wildman–Crippen LogP) is 4.49. The summed E-state index contributed by atoms with van der Waals surface area (Å²) in [4.78, 5) is 0. The number of hydrogen-bond acceptors (Lipinski definition) is 0. The van der Waals surface area contributed by atoms with Crippen molar-refractivity contribution in [1.29, 1.82) is 0 Å². The van der Waals surface area contributed by atoms with Gasteiger partial charge in [-0.25, -0.2) is 0 Å². The minimum Gasteiger partial charge on any atom is -0.0654 e. The van der Waals surface area contributed by atoms with Crippen LogP contribution in [0.15, 0.2) is 0 Å². The lowest BCUT2D eigenvalue weighted by molar-refractivity contribution is 0.259. The maximum absolute atomic E-state index is 2.53. The van der Waals surface area contributed by atoms with E-state index in [1.807, 2.05) is 0 Å². The van der Waals surface area contributed by atoms with E-state index < -0.39 is 0 Å². The molecule has 0 heteroatoms. The molecule has 82 valence electrons. The Hall–Kier alpha value is 0. The molecule has 0 radical (unpaired) electrons. The minimum absolute atomic E-state index is 1.03. The predicted molar refractivity (Wildman–Crippen MR) is 62.2 cm³/mol. The second kappa shape index (κ2) is 4.24. The van der Waals surface area contributed by atoms with E-state index in [2.05, 4.69) is 20.8 Å². The summed E-state index contributed by atoms with van der Waals surface area (Å²) in [6.07, 6.45) is 8.98. The van der Waals surface area contributed by atoms with E-state index in [0.29, 0.717) is 0 Å². The summed E-state index contributed by atoms with van der Waals surface area (Å²) < 4.78 is 0. The summed E-state index contributed by atoms with van der Waals surface area (Å²) in [6.45, 7) is 7.35. The van der Waals surface area contributed by atoms with Crippen molar-refractivity contribution in [3.63, 3.8) is 0 Å². The second-order valence-corrected chi connectivity index (χ2v) is 5.89. The molecule has 2 saturated carbocycles. The zero-order valence-corrected chi connectivity index (χ0v) is 10.1. The van der Waals surface area contributed by atoms with Crippen LogP contribution in [0.25, 0.3) is 0 Å². The van der Waals surface area contributed by atoms with Crippen LogP contribution in [0.3, 0.4) is 0 Å². The number of unbranched alkanes of at least 4 members (excludes halogenated alkanes) is 1. The Morgan fingerprint density at radius 3 is 2.57 bits per heavy atom. The van der Waals surface area contributed by atoms with Gasteiger partial charge in [-0.1, -0.05) is 46.5 Å². The van der Waals surface area contributed by atoms with Gasteiger partial charge in [-0.2, -0.15) is 0 Å². The van der Waals surface area contributed by atoms with Crippen molar-refractivity contribution < 1.29 is 0 Å². The Balaban J connectivity index is 1.93. The fourth-order valence-electron chi connectivity index (χ4n) is 4.31. The van der Waals surface area contributed by atoms with Crippen LogP contribution >= 0.6 is 0 Å². The maximum atomic E-state index is 2.53. The topological polar surface area (TPSA) is 0 Å². The number of rotatable bonds is 3. The van der Waals surface area contributed by atoms with Crippen LogP contribution in [0, 0.1) is 29.6 Å². The van der Waals surface area contributed by atoms with Gasteiger partial charge >= 0.3 is 0 Å². The van der Waals surface area contributed by atoms with Gasteiger partial charge in [-0.3, -0.25) is 0 Å². The molecule has 0 amide bonds. The third-order valence-corrected chi connectivity index (χ3v) is 5.08. The van der Waals surface area contributed by atoms with Gasteiger partial charge in [0.15, 0.2) is 0 Å². The molecule has 0 aromatic rings. The van der Waals surface area contributed by atoms with Crippen LogP contribution in [0.2, 0.25) is 0 Å². The molecule has 0 aromatic heterocycles. The quantitative estimate of drug-likeness (QED) is 0.621. The lowest BCUT2D eigenvalue weighted by Gasteiger charge is -2.23. The number of hydrogen-bond donors (Lipinski definition) is 0. The van der Waals surface area contributed by atoms with Crippen LogP contribution in [0.1, 0.15) is 59.3 Å². The van der Waals surface area contributed by atoms with Gasteiger partial charge in [0.05, 0.1) is 0 Å². The molecule has 2 aliphatic rings. The Kier molecular flexibility index (Phi) is 3.19. The first-order valence-electron chi connectivity index (χ1n) is 6.74. The Labute approximate surface area is 89.5 Å². The Morgan fingerprint density at radius 1 is 1.14 bits per heavy atom. The molecule has 0 nitrogen and oxygen atoms in total. The van der Waals surface area contributed by atoms with Gasteiger partial charge in [0.2, 0.25) is 0 Å². The van der Waals surface area contributed by atoms with E-state index in [1.54, 1.807) is 12.8 Å². The molecule has 5 unspecified atom stereocenters. The molecule has 14 heavy (non-hydrogen) atoms. The van der Waals surface area contributed by atoms with Gasteiger partial charge in [-0.05, 0) is 42.4 Å². The van der Waals surface area contributed by atoms with Crippen LogP contribution in [-0.4, -0.2) is 0 Å². The highest BCUT2D eigenvalue weighted by Crippen LogP contribution is 2.54. The number of fused-ring (bicyclic) bond motifs is 1. The lowest BCUT2D eigenvalue weighted by atomic mass is 9.82. The monoisotopic (exact) mass is 194 g/mol.